The molecule has 0 amide bonds. The molecule has 1 aliphatic carbocycles. The van der Waals surface area contributed by atoms with Gasteiger partial charge in [0, 0.05) is 29.7 Å². The van der Waals surface area contributed by atoms with E-state index in [-0.39, 0.29) is 0 Å². The quantitative estimate of drug-likeness (QED) is 0.204. The lowest BCUT2D eigenvalue weighted by Gasteiger charge is -2.19. The summed E-state index contributed by atoms with van der Waals surface area (Å²) in [5.41, 5.74) is 13.2. The van der Waals surface area contributed by atoms with Crippen molar-refractivity contribution in [3.63, 3.8) is 0 Å². The third-order valence-electron chi connectivity index (χ3n) is 8.68. The summed E-state index contributed by atoms with van der Waals surface area (Å²) in [6.45, 7) is 2.05. The molecule has 0 unspecified atom stereocenters. The van der Waals surface area contributed by atoms with Crippen molar-refractivity contribution < 1.29 is 0 Å². The summed E-state index contributed by atoms with van der Waals surface area (Å²) in [6, 6.07) is 40.1. The monoisotopic (exact) mass is 550 g/mol. The van der Waals surface area contributed by atoms with E-state index in [1.54, 1.807) is 0 Å². The highest BCUT2D eigenvalue weighted by Crippen LogP contribution is 2.44. The van der Waals surface area contributed by atoms with Crippen molar-refractivity contribution in [3.05, 3.63) is 151 Å². The fourth-order valence-corrected chi connectivity index (χ4v) is 6.60. The standard InChI is InChI=1S/C41H30N2/c1-27-22-34(25-42-24-27)39-21-20-33(26-43-39)29-14-17-30(18-15-29)40-35-10-4-6-12-37(35)41(38-13-7-5-11-36(38)40)32-19-16-28-8-2-3-9-31(28)23-32/h2,4-8,10-26H,3,9H2,1H3. The molecule has 0 bridgehead atoms. The van der Waals surface area contributed by atoms with Crippen LogP contribution in [0.1, 0.15) is 23.1 Å². The molecule has 0 N–H and O–H groups in total. The lowest BCUT2D eigenvalue weighted by atomic mass is 9.84. The van der Waals surface area contributed by atoms with Gasteiger partial charge in [0.2, 0.25) is 0 Å². The van der Waals surface area contributed by atoms with Gasteiger partial charge in [-0.3, -0.25) is 9.97 Å². The van der Waals surface area contributed by atoms with E-state index in [2.05, 4.69) is 133 Å². The van der Waals surface area contributed by atoms with Crippen LogP contribution in [0.3, 0.4) is 0 Å². The largest absolute Gasteiger partial charge is 0.264 e. The van der Waals surface area contributed by atoms with E-state index in [0.29, 0.717) is 0 Å². The highest BCUT2D eigenvalue weighted by atomic mass is 14.7. The van der Waals surface area contributed by atoms with Crippen molar-refractivity contribution >= 4 is 27.6 Å². The smallest absolute Gasteiger partial charge is 0.0718 e. The zero-order chi connectivity index (χ0) is 28.8. The molecule has 0 atom stereocenters. The summed E-state index contributed by atoms with van der Waals surface area (Å²) in [6.07, 6.45) is 12.4. The van der Waals surface area contributed by atoms with Gasteiger partial charge < -0.3 is 0 Å². The van der Waals surface area contributed by atoms with Crippen LogP contribution < -0.4 is 0 Å². The summed E-state index contributed by atoms with van der Waals surface area (Å²) < 4.78 is 0. The second-order valence-electron chi connectivity index (χ2n) is 11.5. The van der Waals surface area contributed by atoms with Crippen molar-refractivity contribution in [2.75, 3.05) is 0 Å². The SMILES string of the molecule is Cc1cncc(-c2ccc(-c3ccc(-c4c5ccccc5c(-c5ccc6c(c5)CCC=C6)c5ccccc45)cc3)cn2)c1. The predicted octanol–water partition coefficient (Wildman–Crippen LogP) is 10.7. The Labute approximate surface area is 252 Å². The van der Waals surface area contributed by atoms with Crippen LogP contribution in [0.5, 0.6) is 0 Å². The van der Waals surface area contributed by atoms with Crippen LogP contribution in [0.4, 0.5) is 0 Å². The van der Waals surface area contributed by atoms with E-state index in [1.807, 2.05) is 18.6 Å². The van der Waals surface area contributed by atoms with Crippen molar-refractivity contribution in [3.8, 4) is 44.6 Å². The number of pyridine rings is 2. The van der Waals surface area contributed by atoms with Crippen molar-refractivity contribution in [2.24, 2.45) is 0 Å². The van der Waals surface area contributed by atoms with Crippen LogP contribution in [0.2, 0.25) is 0 Å². The molecule has 7 aromatic rings. The Hall–Kier alpha value is -5.34. The summed E-state index contributed by atoms with van der Waals surface area (Å²) in [5, 5.41) is 5.13. The average Bonchev–Trinajstić information content (AvgIpc) is 3.07. The summed E-state index contributed by atoms with van der Waals surface area (Å²) in [7, 11) is 0. The normalized spacial score (nSPS) is 12.5. The zero-order valence-electron chi connectivity index (χ0n) is 24.1. The Morgan fingerprint density at radius 2 is 1.16 bits per heavy atom. The van der Waals surface area contributed by atoms with Crippen molar-refractivity contribution in [1.82, 2.24) is 9.97 Å². The highest BCUT2D eigenvalue weighted by Gasteiger charge is 2.17. The Kier molecular flexibility index (Phi) is 6.19. The zero-order valence-corrected chi connectivity index (χ0v) is 24.1. The Balaban J connectivity index is 1.24. The molecule has 1 aliphatic rings. The third-order valence-corrected chi connectivity index (χ3v) is 8.68. The van der Waals surface area contributed by atoms with Crippen LogP contribution in [-0.2, 0) is 6.42 Å². The molecule has 2 aromatic heterocycles. The minimum Gasteiger partial charge on any atom is -0.264 e. The van der Waals surface area contributed by atoms with Crippen LogP contribution in [0.15, 0.2) is 134 Å². The number of hydrogen-bond acceptors (Lipinski definition) is 2. The molecule has 0 fully saturated rings. The number of nitrogens with zero attached hydrogens (tertiary/aromatic N) is 2. The van der Waals surface area contributed by atoms with Gasteiger partial charge in [-0.2, -0.15) is 0 Å². The average molecular weight is 551 g/mol. The molecule has 0 radical (unpaired) electrons. The molecule has 0 saturated heterocycles. The molecule has 43 heavy (non-hydrogen) atoms. The van der Waals surface area contributed by atoms with Gasteiger partial charge in [-0.1, -0.05) is 109 Å². The van der Waals surface area contributed by atoms with Gasteiger partial charge in [-0.25, -0.2) is 0 Å². The molecule has 2 nitrogen and oxygen atoms in total. The first-order valence-electron chi connectivity index (χ1n) is 15.0. The number of aromatic nitrogens is 2. The van der Waals surface area contributed by atoms with E-state index in [0.717, 1.165) is 40.8 Å². The Morgan fingerprint density at radius 1 is 0.535 bits per heavy atom. The van der Waals surface area contributed by atoms with Gasteiger partial charge in [0.25, 0.3) is 0 Å². The fourth-order valence-electron chi connectivity index (χ4n) is 6.60. The Morgan fingerprint density at radius 3 is 1.81 bits per heavy atom. The van der Waals surface area contributed by atoms with Crippen molar-refractivity contribution in [2.45, 2.75) is 19.8 Å². The second kappa shape index (κ2) is 10.5. The molecule has 0 spiro atoms. The van der Waals surface area contributed by atoms with Gasteiger partial charge in [0.15, 0.2) is 0 Å². The summed E-state index contributed by atoms with van der Waals surface area (Å²) in [5.74, 6) is 0. The van der Waals surface area contributed by atoms with Crippen LogP contribution in [0, 0.1) is 6.92 Å². The number of benzene rings is 5. The number of fused-ring (bicyclic) bond motifs is 3. The van der Waals surface area contributed by atoms with Gasteiger partial charge in [0.1, 0.15) is 0 Å². The highest BCUT2D eigenvalue weighted by molar-refractivity contribution is 6.21. The van der Waals surface area contributed by atoms with Gasteiger partial charge in [-0.05, 0) is 98.0 Å². The molecule has 204 valence electrons. The van der Waals surface area contributed by atoms with E-state index in [4.69, 9.17) is 4.98 Å². The number of rotatable bonds is 4. The second-order valence-corrected chi connectivity index (χ2v) is 11.5. The van der Waals surface area contributed by atoms with E-state index in [1.165, 1.54) is 54.9 Å². The summed E-state index contributed by atoms with van der Waals surface area (Å²) in [4.78, 5) is 9.07. The first-order chi connectivity index (χ1) is 21.2. The van der Waals surface area contributed by atoms with Crippen LogP contribution in [-0.4, -0.2) is 9.97 Å². The molecule has 2 heterocycles. The lowest BCUT2D eigenvalue weighted by Crippen LogP contribution is -1.96. The summed E-state index contributed by atoms with van der Waals surface area (Å²) >= 11 is 0. The first-order valence-corrected chi connectivity index (χ1v) is 15.0. The van der Waals surface area contributed by atoms with Crippen LogP contribution >= 0.6 is 0 Å². The van der Waals surface area contributed by atoms with Gasteiger partial charge in [0.05, 0.1) is 5.69 Å². The maximum Gasteiger partial charge on any atom is 0.0718 e. The van der Waals surface area contributed by atoms with Crippen molar-refractivity contribution in [1.29, 1.82) is 0 Å². The van der Waals surface area contributed by atoms with E-state index >= 15 is 0 Å². The predicted molar refractivity (Wildman–Crippen MR) is 181 cm³/mol. The fraction of sp³-hybridized carbons (Fsp3) is 0.0732. The number of aryl methyl sites for hydroxylation is 2. The van der Waals surface area contributed by atoms with Gasteiger partial charge in [-0.15, -0.1) is 0 Å². The molecule has 2 heteroatoms. The van der Waals surface area contributed by atoms with E-state index in [9.17, 15) is 0 Å². The topological polar surface area (TPSA) is 25.8 Å². The third kappa shape index (κ3) is 4.52. The van der Waals surface area contributed by atoms with Crippen LogP contribution in [0.25, 0.3) is 72.3 Å². The minimum absolute atomic E-state index is 0.935. The molecule has 0 aliphatic heterocycles. The molecular formula is C41H30N2. The van der Waals surface area contributed by atoms with E-state index < -0.39 is 0 Å². The van der Waals surface area contributed by atoms with Gasteiger partial charge >= 0.3 is 0 Å². The maximum atomic E-state index is 4.75. The number of allylic oxidation sites excluding steroid dienone is 1. The number of hydrogen-bond donors (Lipinski definition) is 0. The Bertz CT molecular complexity index is 2110. The lowest BCUT2D eigenvalue weighted by molar-refractivity contribution is 0.986. The molecule has 0 saturated carbocycles. The maximum absolute atomic E-state index is 4.75. The minimum atomic E-state index is 0.935. The first kappa shape index (κ1) is 25.4. The molecule has 8 rings (SSSR count). The molecular weight excluding hydrogens is 520 g/mol. The molecule has 5 aromatic carbocycles.